The number of rotatable bonds is 9. The van der Waals surface area contributed by atoms with E-state index in [0.717, 1.165) is 11.3 Å². The first-order valence-electron chi connectivity index (χ1n) is 9.42. The van der Waals surface area contributed by atoms with E-state index in [9.17, 15) is 4.79 Å². The Morgan fingerprint density at radius 1 is 1.30 bits per heavy atom. The van der Waals surface area contributed by atoms with Crippen molar-refractivity contribution in [1.29, 1.82) is 0 Å². The van der Waals surface area contributed by atoms with Crippen molar-refractivity contribution < 1.29 is 9.53 Å². The maximum absolute atomic E-state index is 12.3. The second kappa shape index (κ2) is 10.3. The lowest BCUT2D eigenvalue weighted by molar-refractivity contribution is -0.113. The molecule has 0 aliphatic rings. The van der Waals surface area contributed by atoms with Crippen LogP contribution in [0.4, 0.5) is 5.69 Å². The zero-order chi connectivity index (χ0) is 21.5. The molecule has 0 spiro atoms. The predicted octanol–water partition coefficient (Wildman–Crippen LogP) is 5.30. The van der Waals surface area contributed by atoms with E-state index in [4.69, 9.17) is 16.3 Å². The number of nitrogens with one attached hydrogen (secondary N) is 1. The fourth-order valence-corrected chi connectivity index (χ4v) is 3.78. The van der Waals surface area contributed by atoms with Crippen molar-refractivity contribution in [2.24, 2.45) is 0 Å². The van der Waals surface area contributed by atoms with E-state index in [1.807, 2.05) is 54.8 Å². The first-order chi connectivity index (χ1) is 14.5. The maximum Gasteiger partial charge on any atom is 0.234 e. The first-order valence-corrected chi connectivity index (χ1v) is 10.8. The smallest absolute Gasteiger partial charge is 0.234 e. The summed E-state index contributed by atoms with van der Waals surface area (Å²) in [4.78, 5) is 12.3. The SMILES string of the molecule is C=CCn1c(SCC(=O)Nc2cccc(C)c2)nnc1C(C)Oc1ccccc1Cl. The van der Waals surface area contributed by atoms with E-state index < -0.39 is 0 Å². The second-order valence-corrected chi connectivity index (χ2v) is 7.99. The van der Waals surface area contributed by atoms with Crippen molar-refractivity contribution in [2.75, 3.05) is 11.1 Å². The lowest BCUT2D eigenvalue weighted by Gasteiger charge is -2.16. The van der Waals surface area contributed by atoms with Crippen molar-refractivity contribution in [3.63, 3.8) is 0 Å². The van der Waals surface area contributed by atoms with E-state index in [0.29, 0.717) is 28.3 Å². The van der Waals surface area contributed by atoms with Gasteiger partial charge in [-0.15, -0.1) is 16.8 Å². The number of ether oxygens (including phenoxy) is 1. The normalized spacial score (nSPS) is 11.7. The van der Waals surface area contributed by atoms with Gasteiger partial charge in [0.25, 0.3) is 0 Å². The molecule has 1 unspecified atom stereocenters. The minimum Gasteiger partial charge on any atom is -0.481 e. The third-order valence-corrected chi connectivity index (χ3v) is 5.47. The van der Waals surface area contributed by atoms with Gasteiger partial charge in [-0.2, -0.15) is 0 Å². The minimum absolute atomic E-state index is 0.110. The zero-order valence-electron chi connectivity index (χ0n) is 16.8. The minimum atomic E-state index is -0.382. The van der Waals surface area contributed by atoms with Crippen molar-refractivity contribution in [1.82, 2.24) is 14.8 Å². The van der Waals surface area contributed by atoms with Gasteiger partial charge in [0.15, 0.2) is 17.1 Å². The van der Waals surface area contributed by atoms with Crippen molar-refractivity contribution in [3.8, 4) is 5.75 Å². The monoisotopic (exact) mass is 442 g/mol. The van der Waals surface area contributed by atoms with Gasteiger partial charge in [0.2, 0.25) is 5.91 Å². The zero-order valence-corrected chi connectivity index (χ0v) is 18.4. The molecule has 1 heterocycles. The van der Waals surface area contributed by atoms with E-state index >= 15 is 0 Å². The molecule has 1 N–H and O–H groups in total. The van der Waals surface area contributed by atoms with E-state index in [-0.39, 0.29) is 17.8 Å². The standard InChI is InChI=1S/C22H23ClN4O2S/c1-4-12-27-21(16(3)29-19-11-6-5-10-18(19)23)25-26-22(27)30-14-20(28)24-17-9-7-8-15(2)13-17/h4-11,13,16H,1,12,14H2,2-3H3,(H,24,28). The molecular weight excluding hydrogens is 420 g/mol. The first kappa shape index (κ1) is 21.9. The molecule has 0 aliphatic carbocycles. The number of allylic oxidation sites excluding steroid dienone is 1. The number of nitrogens with zero attached hydrogens (tertiary/aromatic N) is 3. The summed E-state index contributed by atoms with van der Waals surface area (Å²) in [7, 11) is 0. The van der Waals surface area contributed by atoms with E-state index in [1.165, 1.54) is 11.8 Å². The highest BCUT2D eigenvalue weighted by molar-refractivity contribution is 7.99. The van der Waals surface area contributed by atoms with Gasteiger partial charge in [-0.05, 0) is 43.7 Å². The number of hydrogen-bond acceptors (Lipinski definition) is 5. The molecule has 0 radical (unpaired) electrons. The number of para-hydroxylation sites is 1. The predicted molar refractivity (Wildman–Crippen MR) is 121 cm³/mol. The van der Waals surface area contributed by atoms with Crippen molar-refractivity contribution >= 4 is 35.0 Å². The Balaban J connectivity index is 1.68. The third-order valence-electron chi connectivity index (χ3n) is 4.20. The Morgan fingerprint density at radius 2 is 2.10 bits per heavy atom. The van der Waals surface area contributed by atoms with Crippen LogP contribution in [0.15, 0.2) is 66.3 Å². The van der Waals surface area contributed by atoms with Gasteiger partial charge in [0.1, 0.15) is 5.75 Å². The topological polar surface area (TPSA) is 69.0 Å². The van der Waals surface area contributed by atoms with Crippen LogP contribution in [0.1, 0.15) is 24.4 Å². The molecule has 0 saturated heterocycles. The summed E-state index contributed by atoms with van der Waals surface area (Å²) in [6.07, 6.45) is 1.37. The summed E-state index contributed by atoms with van der Waals surface area (Å²) in [5.74, 6) is 1.31. The highest BCUT2D eigenvalue weighted by atomic mass is 35.5. The number of thioether (sulfide) groups is 1. The van der Waals surface area contributed by atoms with Crippen LogP contribution in [0, 0.1) is 6.92 Å². The van der Waals surface area contributed by atoms with Crippen LogP contribution in [-0.4, -0.2) is 26.4 Å². The van der Waals surface area contributed by atoms with Gasteiger partial charge in [0, 0.05) is 12.2 Å². The number of amides is 1. The number of aryl methyl sites for hydroxylation is 1. The van der Waals surface area contributed by atoms with Crippen LogP contribution in [-0.2, 0) is 11.3 Å². The summed E-state index contributed by atoms with van der Waals surface area (Å²) in [5.41, 5.74) is 1.86. The summed E-state index contributed by atoms with van der Waals surface area (Å²) >= 11 is 7.50. The molecule has 6 nitrogen and oxygen atoms in total. The van der Waals surface area contributed by atoms with Gasteiger partial charge in [-0.25, -0.2) is 0 Å². The summed E-state index contributed by atoms with van der Waals surface area (Å²) < 4.78 is 7.86. The molecule has 0 aliphatic heterocycles. The molecule has 3 aromatic rings. The largest absolute Gasteiger partial charge is 0.481 e. The molecule has 156 valence electrons. The number of hydrogen-bond donors (Lipinski definition) is 1. The second-order valence-electron chi connectivity index (χ2n) is 6.64. The molecule has 2 aromatic carbocycles. The van der Waals surface area contributed by atoms with Crippen LogP contribution in [0.25, 0.3) is 0 Å². The Kier molecular flexibility index (Phi) is 7.54. The van der Waals surface area contributed by atoms with Crippen LogP contribution in [0.5, 0.6) is 5.75 Å². The lowest BCUT2D eigenvalue weighted by Crippen LogP contribution is -2.15. The van der Waals surface area contributed by atoms with Crippen LogP contribution in [0.2, 0.25) is 5.02 Å². The Hall–Kier alpha value is -2.77. The van der Waals surface area contributed by atoms with Crippen molar-refractivity contribution in [2.45, 2.75) is 31.7 Å². The number of halogens is 1. The van der Waals surface area contributed by atoms with Gasteiger partial charge in [0.05, 0.1) is 10.8 Å². The molecular formula is C22H23ClN4O2S. The fraction of sp³-hybridized carbons (Fsp3) is 0.227. The summed E-state index contributed by atoms with van der Waals surface area (Å²) in [6.45, 7) is 8.17. The third kappa shape index (κ3) is 5.64. The van der Waals surface area contributed by atoms with Crippen LogP contribution < -0.4 is 10.1 Å². The number of aromatic nitrogens is 3. The number of carbonyl (C=O) groups excluding carboxylic acids is 1. The lowest BCUT2D eigenvalue weighted by atomic mass is 10.2. The number of benzene rings is 2. The molecule has 8 heteroatoms. The van der Waals surface area contributed by atoms with Gasteiger partial charge in [-0.1, -0.05) is 53.7 Å². The quantitative estimate of drug-likeness (QED) is 0.360. The van der Waals surface area contributed by atoms with Gasteiger partial charge >= 0.3 is 0 Å². The molecule has 0 bridgehead atoms. The molecule has 1 atom stereocenters. The Morgan fingerprint density at radius 3 is 2.83 bits per heavy atom. The van der Waals surface area contributed by atoms with Crippen LogP contribution >= 0.6 is 23.4 Å². The molecule has 30 heavy (non-hydrogen) atoms. The van der Waals surface area contributed by atoms with Gasteiger partial charge < -0.3 is 10.1 Å². The molecule has 0 saturated carbocycles. The van der Waals surface area contributed by atoms with Crippen molar-refractivity contribution in [3.05, 3.63) is 77.6 Å². The average molecular weight is 443 g/mol. The van der Waals surface area contributed by atoms with Crippen LogP contribution in [0.3, 0.4) is 0 Å². The maximum atomic E-state index is 12.3. The molecule has 1 aromatic heterocycles. The summed E-state index contributed by atoms with van der Waals surface area (Å²) in [5, 5.41) is 12.6. The summed E-state index contributed by atoms with van der Waals surface area (Å²) in [6, 6.07) is 15.0. The number of anilines is 1. The fourth-order valence-electron chi connectivity index (χ4n) is 2.84. The number of carbonyl (C=O) groups is 1. The highest BCUT2D eigenvalue weighted by Crippen LogP contribution is 2.29. The van der Waals surface area contributed by atoms with E-state index in [2.05, 4.69) is 22.1 Å². The molecule has 0 fully saturated rings. The highest BCUT2D eigenvalue weighted by Gasteiger charge is 2.20. The molecule has 3 rings (SSSR count). The Labute approximate surface area is 185 Å². The Bertz CT molecular complexity index is 1040. The van der Waals surface area contributed by atoms with E-state index in [1.54, 1.807) is 18.2 Å². The average Bonchev–Trinajstić information content (AvgIpc) is 3.11. The van der Waals surface area contributed by atoms with Gasteiger partial charge in [-0.3, -0.25) is 9.36 Å². The molecule has 1 amide bonds.